The summed E-state index contributed by atoms with van der Waals surface area (Å²) in [6.07, 6.45) is 14.1. The molecule has 3 nitrogen and oxygen atoms in total. The first-order valence-corrected chi connectivity index (χ1v) is 9.48. The van der Waals surface area contributed by atoms with Crippen LogP contribution in [-0.2, 0) is 9.53 Å². The summed E-state index contributed by atoms with van der Waals surface area (Å²) in [5.74, 6) is 1.23. The van der Waals surface area contributed by atoms with Gasteiger partial charge in [-0.2, -0.15) is 0 Å². The summed E-state index contributed by atoms with van der Waals surface area (Å²) in [5, 5.41) is 0. The normalized spacial score (nSPS) is 32.3. The van der Waals surface area contributed by atoms with Gasteiger partial charge in [0.05, 0.1) is 23.0 Å². The molecule has 1 fully saturated rings. The molecule has 0 saturated carbocycles. The highest BCUT2D eigenvalue weighted by Crippen LogP contribution is 2.53. The molecule has 0 aromatic carbocycles. The summed E-state index contributed by atoms with van der Waals surface area (Å²) in [6.45, 7) is 3.60. The van der Waals surface area contributed by atoms with Gasteiger partial charge >= 0.3 is 5.97 Å². The minimum Gasteiger partial charge on any atom is -0.465 e. The quantitative estimate of drug-likeness (QED) is 0.552. The number of unbranched alkanes of at least 4 members (excludes halogenated alkanes) is 3. The molecule has 3 rings (SSSR count). The van der Waals surface area contributed by atoms with Gasteiger partial charge in [-0.25, -0.2) is 0 Å². The Labute approximate surface area is 137 Å². The molecule has 0 bridgehead atoms. The SMILES string of the molecule is CCCCCCOC(=O)C1CSC23C=CC=CC2=NCCC13. The Hall–Kier alpha value is -1.03. The Kier molecular flexibility index (Phi) is 5.07. The lowest BCUT2D eigenvalue weighted by Gasteiger charge is -2.37. The number of ether oxygens (including phenoxy) is 1. The van der Waals surface area contributed by atoms with Crippen LogP contribution in [0.3, 0.4) is 0 Å². The smallest absolute Gasteiger partial charge is 0.310 e. The van der Waals surface area contributed by atoms with E-state index in [0.717, 1.165) is 37.3 Å². The Morgan fingerprint density at radius 3 is 3.18 bits per heavy atom. The highest BCUT2D eigenvalue weighted by molar-refractivity contribution is 8.02. The van der Waals surface area contributed by atoms with Gasteiger partial charge in [-0.1, -0.05) is 44.4 Å². The molecule has 1 saturated heterocycles. The topological polar surface area (TPSA) is 38.7 Å². The zero-order valence-corrected chi connectivity index (χ0v) is 14.1. The van der Waals surface area contributed by atoms with Gasteiger partial charge < -0.3 is 4.74 Å². The number of carbonyl (C=O) groups excluding carboxylic acids is 1. The maximum atomic E-state index is 12.5. The van der Waals surface area contributed by atoms with Crippen LogP contribution in [0.5, 0.6) is 0 Å². The van der Waals surface area contributed by atoms with Gasteiger partial charge in [0.15, 0.2) is 0 Å². The molecule has 1 aliphatic carbocycles. The van der Waals surface area contributed by atoms with E-state index >= 15 is 0 Å². The van der Waals surface area contributed by atoms with Crippen molar-refractivity contribution < 1.29 is 9.53 Å². The summed E-state index contributed by atoms with van der Waals surface area (Å²) in [5.41, 5.74) is 1.15. The van der Waals surface area contributed by atoms with Crippen molar-refractivity contribution in [1.29, 1.82) is 0 Å². The molecule has 120 valence electrons. The van der Waals surface area contributed by atoms with Crippen molar-refractivity contribution in [2.75, 3.05) is 18.9 Å². The first-order chi connectivity index (χ1) is 10.8. The zero-order chi connectivity index (χ0) is 15.4. The summed E-state index contributed by atoms with van der Waals surface area (Å²) in [7, 11) is 0. The number of rotatable bonds is 6. The second-order valence-corrected chi connectivity index (χ2v) is 7.62. The van der Waals surface area contributed by atoms with Crippen molar-refractivity contribution in [3.8, 4) is 0 Å². The van der Waals surface area contributed by atoms with Crippen molar-refractivity contribution in [1.82, 2.24) is 0 Å². The van der Waals surface area contributed by atoms with E-state index in [2.05, 4.69) is 30.1 Å². The zero-order valence-electron chi connectivity index (χ0n) is 13.3. The molecular weight excluding hydrogens is 294 g/mol. The van der Waals surface area contributed by atoms with E-state index in [1.54, 1.807) is 0 Å². The molecule has 2 aliphatic heterocycles. The Morgan fingerprint density at radius 2 is 2.32 bits per heavy atom. The third-order valence-electron chi connectivity index (χ3n) is 4.91. The molecule has 2 heterocycles. The van der Waals surface area contributed by atoms with Crippen LogP contribution in [0.4, 0.5) is 0 Å². The van der Waals surface area contributed by atoms with Gasteiger partial charge in [0, 0.05) is 12.3 Å². The fraction of sp³-hybridized carbons (Fsp3) is 0.667. The van der Waals surface area contributed by atoms with Gasteiger partial charge in [0.25, 0.3) is 0 Å². The Morgan fingerprint density at radius 1 is 1.41 bits per heavy atom. The summed E-state index contributed by atoms with van der Waals surface area (Å²) < 4.78 is 5.49. The molecule has 0 aromatic rings. The van der Waals surface area contributed by atoms with Gasteiger partial charge in [0.1, 0.15) is 0 Å². The fourth-order valence-corrected chi connectivity index (χ4v) is 5.48. The van der Waals surface area contributed by atoms with Crippen molar-refractivity contribution in [3.63, 3.8) is 0 Å². The fourth-order valence-electron chi connectivity index (χ4n) is 3.70. The van der Waals surface area contributed by atoms with Crippen LogP contribution >= 0.6 is 11.8 Å². The van der Waals surface area contributed by atoms with E-state index in [9.17, 15) is 4.79 Å². The number of esters is 1. The standard InChI is InChI=1S/C18H25NO2S/c1-2-3-4-7-12-21-17(20)14-13-22-18-10-6-5-8-16(18)19-11-9-15(14)18/h5-6,8,10,14-15H,2-4,7,9,11-13H2,1H3. The van der Waals surface area contributed by atoms with E-state index in [0.29, 0.717) is 12.5 Å². The average molecular weight is 319 g/mol. The summed E-state index contributed by atoms with van der Waals surface area (Å²) in [4.78, 5) is 17.2. The van der Waals surface area contributed by atoms with E-state index in [1.807, 2.05) is 17.8 Å². The van der Waals surface area contributed by atoms with E-state index in [1.165, 1.54) is 12.8 Å². The van der Waals surface area contributed by atoms with Crippen molar-refractivity contribution in [2.45, 2.75) is 43.8 Å². The Balaban J connectivity index is 1.60. The van der Waals surface area contributed by atoms with E-state index in [-0.39, 0.29) is 16.6 Å². The molecule has 1 spiro atoms. The van der Waals surface area contributed by atoms with Crippen molar-refractivity contribution in [2.24, 2.45) is 16.8 Å². The van der Waals surface area contributed by atoms with Gasteiger partial charge in [0.2, 0.25) is 0 Å². The van der Waals surface area contributed by atoms with Crippen molar-refractivity contribution in [3.05, 3.63) is 24.3 Å². The molecule has 0 radical (unpaired) electrons. The third-order valence-corrected chi connectivity index (χ3v) is 6.57. The number of thioether (sulfide) groups is 1. The molecule has 3 aliphatic rings. The predicted molar refractivity (Wildman–Crippen MR) is 92.5 cm³/mol. The van der Waals surface area contributed by atoms with Gasteiger partial charge in [-0.15, -0.1) is 11.8 Å². The predicted octanol–water partition coefficient (Wildman–Crippen LogP) is 3.80. The first-order valence-electron chi connectivity index (χ1n) is 8.49. The maximum absolute atomic E-state index is 12.5. The lowest BCUT2D eigenvalue weighted by Crippen LogP contribution is -2.44. The van der Waals surface area contributed by atoms with Crippen LogP contribution in [0.1, 0.15) is 39.0 Å². The largest absolute Gasteiger partial charge is 0.465 e. The number of nitrogens with zero attached hydrogens (tertiary/aromatic N) is 1. The van der Waals surface area contributed by atoms with Gasteiger partial charge in [-0.05, 0) is 24.8 Å². The average Bonchev–Trinajstić information content (AvgIpc) is 2.92. The lowest BCUT2D eigenvalue weighted by atomic mass is 9.74. The number of carbonyl (C=O) groups is 1. The van der Waals surface area contributed by atoms with Gasteiger partial charge in [-0.3, -0.25) is 9.79 Å². The van der Waals surface area contributed by atoms with Crippen LogP contribution in [0.2, 0.25) is 0 Å². The van der Waals surface area contributed by atoms with Crippen LogP contribution in [0, 0.1) is 11.8 Å². The molecule has 0 N–H and O–H groups in total. The summed E-state index contributed by atoms with van der Waals surface area (Å²) >= 11 is 1.87. The number of aliphatic imine (C=N–C) groups is 1. The minimum atomic E-state index is -0.0705. The molecular formula is C18H25NO2S. The lowest BCUT2D eigenvalue weighted by molar-refractivity contribution is -0.149. The van der Waals surface area contributed by atoms with E-state index in [4.69, 9.17) is 4.74 Å². The second-order valence-electron chi connectivity index (χ2n) is 6.32. The number of allylic oxidation sites excluding steroid dienone is 3. The third kappa shape index (κ3) is 2.90. The molecule has 22 heavy (non-hydrogen) atoms. The van der Waals surface area contributed by atoms with Crippen molar-refractivity contribution >= 4 is 23.4 Å². The highest BCUT2D eigenvalue weighted by Gasteiger charge is 2.54. The van der Waals surface area contributed by atoms with Crippen LogP contribution in [0.15, 0.2) is 29.3 Å². The Bertz CT molecular complexity index is 511. The molecule has 0 amide bonds. The maximum Gasteiger partial charge on any atom is 0.310 e. The molecule has 4 heteroatoms. The second kappa shape index (κ2) is 7.03. The molecule has 3 unspecified atom stereocenters. The molecule has 0 aromatic heterocycles. The van der Waals surface area contributed by atoms with E-state index < -0.39 is 0 Å². The molecule has 3 atom stereocenters. The van der Waals surface area contributed by atoms with Crippen LogP contribution in [-0.4, -0.2) is 35.3 Å². The number of hydrogen-bond donors (Lipinski definition) is 0. The minimum absolute atomic E-state index is 0.00933. The van der Waals surface area contributed by atoms with Crippen LogP contribution in [0.25, 0.3) is 0 Å². The summed E-state index contributed by atoms with van der Waals surface area (Å²) in [6, 6.07) is 0. The monoisotopic (exact) mass is 319 g/mol. The van der Waals surface area contributed by atoms with Crippen LogP contribution < -0.4 is 0 Å². The highest BCUT2D eigenvalue weighted by atomic mass is 32.2. The first kappa shape index (κ1) is 15.9. The number of hydrogen-bond acceptors (Lipinski definition) is 4.